The summed E-state index contributed by atoms with van der Waals surface area (Å²) in [7, 11) is 0. The molecule has 0 spiro atoms. The van der Waals surface area contributed by atoms with Gasteiger partial charge >= 0.3 is 0 Å². The molecule has 3 aromatic carbocycles. The first-order chi connectivity index (χ1) is 17.4. The van der Waals surface area contributed by atoms with Crippen molar-refractivity contribution in [1.82, 2.24) is 4.90 Å². The average molecular weight is 502 g/mol. The lowest BCUT2D eigenvalue weighted by atomic mass is 9.97. The Labute approximate surface area is 216 Å². The van der Waals surface area contributed by atoms with Crippen LogP contribution < -0.4 is 4.74 Å². The Bertz CT molecular complexity index is 1390. The monoisotopic (exact) mass is 501 g/mol. The molecule has 0 atom stereocenters. The summed E-state index contributed by atoms with van der Waals surface area (Å²) in [5.41, 5.74) is 3.70. The van der Waals surface area contributed by atoms with Crippen molar-refractivity contribution in [2.75, 3.05) is 19.6 Å². The van der Waals surface area contributed by atoms with Crippen LogP contribution in [0.25, 0.3) is 15.7 Å². The van der Waals surface area contributed by atoms with Gasteiger partial charge in [0.15, 0.2) is 5.75 Å². The van der Waals surface area contributed by atoms with Gasteiger partial charge in [-0.05, 0) is 97.0 Å². The van der Waals surface area contributed by atoms with Crippen LogP contribution in [0.1, 0.15) is 41.3 Å². The molecule has 36 heavy (non-hydrogen) atoms. The third kappa shape index (κ3) is 5.18. The number of aryl methyl sites for hydroxylation is 2. The van der Waals surface area contributed by atoms with E-state index < -0.39 is 0 Å². The van der Waals surface area contributed by atoms with Crippen LogP contribution in [-0.2, 0) is 6.42 Å². The Morgan fingerprint density at radius 2 is 1.89 bits per heavy atom. The standard InChI is InChI=1S/C31H32FNO2S/c1-4-22-18-33(19-22)15-5-6-23-8-12-26(13-9-23)35-30-27-14-11-25(34)17-29(27)36-31(30)21(3)28-16-24(32)10-7-20(28)2/h7-14,16-17,22,34H,3-6,15,18-19H2,1-2H3. The summed E-state index contributed by atoms with van der Waals surface area (Å²) in [5.74, 6) is 2.21. The number of phenols is 1. The Morgan fingerprint density at radius 1 is 1.11 bits per heavy atom. The third-order valence-corrected chi connectivity index (χ3v) is 8.31. The quantitative estimate of drug-likeness (QED) is 0.251. The van der Waals surface area contributed by atoms with Gasteiger partial charge in [0.2, 0.25) is 0 Å². The molecule has 2 heterocycles. The summed E-state index contributed by atoms with van der Waals surface area (Å²) in [6.45, 7) is 12.2. The minimum atomic E-state index is -0.298. The van der Waals surface area contributed by atoms with Gasteiger partial charge in [-0.3, -0.25) is 0 Å². The molecule has 1 aliphatic rings. The molecular weight excluding hydrogens is 469 g/mol. The zero-order chi connectivity index (χ0) is 25.2. The van der Waals surface area contributed by atoms with Crippen molar-refractivity contribution < 1.29 is 14.2 Å². The minimum Gasteiger partial charge on any atom is -0.508 e. The first-order valence-corrected chi connectivity index (χ1v) is 13.4. The lowest BCUT2D eigenvalue weighted by Crippen LogP contribution is -2.46. The molecule has 1 N–H and O–H groups in total. The third-order valence-electron chi connectivity index (χ3n) is 7.12. The van der Waals surface area contributed by atoms with E-state index in [4.69, 9.17) is 4.74 Å². The Morgan fingerprint density at radius 3 is 2.64 bits per heavy atom. The lowest BCUT2D eigenvalue weighted by molar-refractivity contribution is 0.0967. The topological polar surface area (TPSA) is 32.7 Å². The van der Waals surface area contributed by atoms with E-state index in [-0.39, 0.29) is 11.6 Å². The van der Waals surface area contributed by atoms with Crippen LogP contribution in [0.5, 0.6) is 17.2 Å². The molecule has 1 aromatic heterocycles. The zero-order valence-corrected chi connectivity index (χ0v) is 21.7. The number of ether oxygens (including phenoxy) is 1. The molecule has 1 saturated heterocycles. The number of halogens is 1. The molecule has 1 aliphatic heterocycles. The molecule has 5 heteroatoms. The van der Waals surface area contributed by atoms with Gasteiger partial charge in [-0.15, -0.1) is 11.3 Å². The summed E-state index contributed by atoms with van der Waals surface area (Å²) in [4.78, 5) is 3.37. The van der Waals surface area contributed by atoms with Gasteiger partial charge in [0, 0.05) is 23.2 Å². The van der Waals surface area contributed by atoms with Crippen LogP contribution in [0.4, 0.5) is 4.39 Å². The van der Waals surface area contributed by atoms with E-state index in [1.54, 1.807) is 18.2 Å². The molecule has 4 aromatic rings. The number of thiophene rings is 1. The van der Waals surface area contributed by atoms with Crippen LogP contribution in [0.15, 0.2) is 67.2 Å². The van der Waals surface area contributed by atoms with Crippen LogP contribution in [0.3, 0.4) is 0 Å². The maximum absolute atomic E-state index is 14.1. The maximum Gasteiger partial charge on any atom is 0.153 e. The first kappa shape index (κ1) is 24.5. The highest BCUT2D eigenvalue weighted by Crippen LogP contribution is 2.46. The van der Waals surface area contributed by atoms with E-state index in [0.717, 1.165) is 57.1 Å². The predicted octanol–water partition coefficient (Wildman–Crippen LogP) is 8.18. The fraction of sp³-hybridized carbons (Fsp3) is 0.290. The van der Waals surface area contributed by atoms with E-state index in [9.17, 15) is 9.50 Å². The Kier molecular flexibility index (Phi) is 7.13. The maximum atomic E-state index is 14.1. The molecule has 0 amide bonds. The molecule has 0 unspecified atom stereocenters. The predicted molar refractivity (Wildman–Crippen MR) is 148 cm³/mol. The van der Waals surface area contributed by atoms with Gasteiger partial charge in [-0.2, -0.15) is 0 Å². The van der Waals surface area contributed by atoms with E-state index in [1.165, 1.54) is 48.5 Å². The van der Waals surface area contributed by atoms with Crippen LogP contribution >= 0.6 is 11.3 Å². The highest BCUT2D eigenvalue weighted by molar-refractivity contribution is 7.20. The number of benzene rings is 3. The summed E-state index contributed by atoms with van der Waals surface area (Å²) in [6.07, 6.45) is 3.50. The second-order valence-electron chi connectivity index (χ2n) is 9.76. The fourth-order valence-corrected chi connectivity index (χ4v) is 6.02. The van der Waals surface area contributed by atoms with Gasteiger partial charge in [0.05, 0.1) is 4.88 Å². The van der Waals surface area contributed by atoms with Crippen molar-refractivity contribution >= 4 is 27.0 Å². The fourth-order valence-electron chi connectivity index (χ4n) is 4.87. The second kappa shape index (κ2) is 10.5. The van der Waals surface area contributed by atoms with Crippen molar-refractivity contribution in [3.05, 3.63) is 94.6 Å². The summed E-state index contributed by atoms with van der Waals surface area (Å²) < 4.78 is 21.4. The van der Waals surface area contributed by atoms with Gasteiger partial charge in [-0.25, -0.2) is 4.39 Å². The number of fused-ring (bicyclic) bond motifs is 1. The molecule has 0 saturated carbocycles. The van der Waals surface area contributed by atoms with E-state index in [0.29, 0.717) is 11.3 Å². The number of likely N-dealkylation sites (tertiary alicyclic amines) is 1. The SMILES string of the molecule is C=C(c1cc(F)ccc1C)c1sc2cc(O)ccc2c1Oc1ccc(CCCN2CC(CC)C2)cc1. The van der Waals surface area contributed by atoms with Crippen molar-refractivity contribution in [1.29, 1.82) is 0 Å². The average Bonchev–Trinajstić information content (AvgIpc) is 3.19. The minimum absolute atomic E-state index is 0.196. The Balaban J connectivity index is 1.35. The largest absolute Gasteiger partial charge is 0.508 e. The van der Waals surface area contributed by atoms with Gasteiger partial charge < -0.3 is 14.7 Å². The van der Waals surface area contributed by atoms with Crippen LogP contribution in [-0.4, -0.2) is 29.6 Å². The normalized spacial score (nSPS) is 14.2. The highest BCUT2D eigenvalue weighted by Gasteiger charge is 2.24. The molecule has 5 rings (SSSR count). The number of hydrogen-bond acceptors (Lipinski definition) is 4. The molecule has 0 aliphatic carbocycles. The smallest absolute Gasteiger partial charge is 0.153 e. The van der Waals surface area contributed by atoms with Crippen LogP contribution in [0, 0.1) is 18.7 Å². The van der Waals surface area contributed by atoms with Gasteiger partial charge in [0.25, 0.3) is 0 Å². The second-order valence-corrected chi connectivity index (χ2v) is 10.8. The van der Waals surface area contributed by atoms with Gasteiger partial charge in [0.1, 0.15) is 17.3 Å². The van der Waals surface area contributed by atoms with E-state index in [1.807, 2.05) is 25.1 Å². The van der Waals surface area contributed by atoms with Crippen molar-refractivity contribution in [2.45, 2.75) is 33.1 Å². The summed E-state index contributed by atoms with van der Waals surface area (Å²) in [5, 5.41) is 10.9. The molecule has 0 bridgehead atoms. The Hall–Kier alpha value is -3.15. The van der Waals surface area contributed by atoms with Crippen LogP contribution in [0.2, 0.25) is 0 Å². The molecule has 1 fully saturated rings. The molecule has 0 radical (unpaired) electrons. The van der Waals surface area contributed by atoms with Crippen molar-refractivity contribution in [3.63, 3.8) is 0 Å². The van der Waals surface area contributed by atoms with Gasteiger partial charge in [-0.1, -0.05) is 38.1 Å². The lowest BCUT2D eigenvalue weighted by Gasteiger charge is -2.38. The van der Waals surface area contributed by atoms with Crippen molar-refractivity contribution in [2.24, 2.45) is 5.92 Å². The first-order valence-electron chi connectivity index (χ1n) is 12.6. The van der Waals surface area contributed by atoms with E-state index >= 15 is 0 Å². The molecule has 186 valence electrons. The summed E-state index contributed by atoms with van der Waals surface area (Å²) >= 11 is 1.49. The van der Waals surface area contributed by atoms with E-state index in [2.05, 4.69) is 30.5 Å². The number of hydrogen-bond donors (Lipinski definition) is 1. The number of nitrogens with zero attached hydrogens (tertiary/aromatic N) is 1. The summed E-state index contributed by atoms with van der Waals surface area (Å²) in [6, 6.07) is 18.3. The highest BCUT2D eigenvalue weighted by atomic mass is 32.1. The number of aromatic hydroxyl groups is 1. The molecular formula is C31H32FNO2S. The molecule has 3 nitrogen and oxygen atoms in total. The van der Waals surface area contributed by atoms with Crippen molar-refractivity contribution in [3.8, 4) is 17.2 Å². The number of rotatable bonds is 9. The number of phenolic OH excluding ortho intramolecular Hbond substituents is 1. The zero-order valence-electron chi connectivity index (χ0n) is 20.9.